The number of rotatable bonds is 4. The fraction of sp³-hybridized carbons (Fsp3) is 0.320. The number of nitrogens with two attached hydrogens (primary N) is 1. The van der Waals surface area contributed by atoms with Gasteiger partial charge in [0.25, 0.3) is 0 Å². The van der Waals surface area contributed by atoms with E-state index in [-0.39, 0.29) is 11.2 Å². The van der Waals surface area contributed by atoms with Gasteiger partial charge in [0.05, 0.1) is 6.20 Å². The number of nitrogens with zero attached hydrogens (tertiary/aromatic N) is 6. The third-order valence-electron chi connectivity index (χ3n) is 8.06. The molecule has 176 valence electrons. The number of piperidine rings is 1. The van der Waals surface area contributed by atoms with Gasteiger partial charge in [-0.3, -0.25) is 5.10 Å². The summed E-state index contributed by atoms with van der Waals surface area (Å²) in [6.45, 7) is 4.00. The van der Waals surface area contributed by atoms with Crippen molar-refractivity contribution < 1.29 is 9.02 Å². The summed E-state index contributed by atoms with van der Waals surface area (Å²) in [6, 6.07) is 10.8. The molecule has 2 fully saturated rings. The molecule has 2 aliphatic rings. The molecule has 2 aromatic carbocycles. The zero-order valence-electron chi connectivity index (χ0n) is 19.1. The van der Waals surface area contributed by atoms with Crippen molar-refractivity contribution in [2.75, 3.05) is 24.5 Å². The number of hydrogen-bond donors (Lipinski definition) is 2. The Hall–Kier alpha value is -3.92. The Morgan fingerprint density at radius 2 is 2.06 bits per heavy atom. The number of anilines is 1. The van der Waals surface area contributed by atoms with E-state index in [0.717, 1.165) is 42.0 Å². The number of aromatic amines is 1. The van der Waals surface area contributed by atoms with Gasteiger partial charge >= 0.3 is 0 Å². The van der Waals surface area contributed by atoms with Crippen LogP contribution in [-0.4, -0.2) is 50.1 Å². The number of fused-ring (bicyclic) bond motifs is 3. The SMILES string of the molecule is Cc1c(-c2n[nH]c3nc(N4CC[C@@H]5[C@H](C4)[C@@]5(CN)c4ccccc4F)cnc23)ccc2nonc12. The second-order valence-corrected chi connectivity index (χ2v) is 9.54. The second-order valence-electron chi connectivity index (χ2n) is 9.54. The maximum Gasteiger partial charge on any atom is 0.177 e. The van der Waals surface area contributed by atoms with Crippen LogP contribution in [0.25, 0.3) is 33.5 Å². The number of aryl methyl sites for hydroxylation is 1. The lowest BCUT2D eigenvalue weighted by atomic mass is 9.91. The minimum absolute atomic E-state index is 0.167. The fourth-order valence-electron chi connectivity index (χ4n) is 6.21. The molecule has 3 N–H and O–H groups in total. The van der Waals surface area contributed by atoms with Crippen LogP contribution in [-0.2, 0) is 5.41 Å². The molecule has 3 aromatic heterocycles. The molecule has 0 amide bonds. The van der Waals surface area contributed by atoms with Crippen molar-refractivity contribution in [2.45, 2.75) is 18.8 Å². The van der Waals surface area contributed by atoms with Crippen molar-refractivity contribution in [3.05, 3.63) is 59.5 Å². The Bertz CT molecular complexity index is 1600. The molecular weight excluding hydrogens is 447 g/mol. The first-order valence-corrected chi connectivity index (χ1v) is 11.7. The first-order valence-electron chi connectivity index (χ1n) is 11.7. The van der Waals surface area contributed by atoms with E-state index < -0.39 is 0 Å². The van der Waals surface area contributed by atoms with Gasteiger partial charge in [0.2, 0.25) is 0 Å². The van der Waals surface area contributed by atoms with E-state index in [1.807, 2.05) is 31.2 Å². The summed E-state index contributed by atoms with van der Waals surface area (Å²) in [6.07, 6.45) is 2.73. The van der Waals surface area contributed by atoms with Gasteiger partial charge in [-0.05, 0) is 64.8 Å². The summed E-state index contributed by atoms with van der Waals surface area (Å²) < 4.78 is 19.5. The molecule has 0 radical (unpaired) electrons. The van der Waals surface area contributed by atoms with Crippen LogP contribution in [0.3, 0.4) is 0 Å². The van der Waals surface area contributed by atoms with E-state index >= 15 is 0 Å². The molecule has 1 aliphatic carbocycles. The lowest BCUT2D eigenvalue weighted by Gasteiger charge is -2.26. The molecule has 0 unspecified atom stereocenters. The normalized spacial score (nSPS) is 23.7. The minimum atomic E-state index is -0.301. The number of halogens is 1. The quantitative estimate of drug-likeness (QED) is 0.410. The number of H-pyrrole nitrogens is 1. The molecule has 0 spiro atoms. The van der Waals surface area contributed by atoms with Crippen molar-refractivity contribution in [1.82, 2.24) is 30.5 Å². The predicted octanol–water partition coefficient (Wildman–Crippen LogP) is 3.36. The van der Waals surface area contributed by atoms with Crippen molar-refractivity contribution in [2.24, 2.45) is 17.6 Å². The molecule has 4 heterocycles. The van der Waals surface area contributed by atoms with Crippen molar-refractivity contribution in [3.63, 3.8) is 0 Å². The summed E-state index contributed by atoms with van der Waals surface area (Å²) in [5, 5.41) is 15.4. The second kappa shape index (κ2) is 7.29. The monoisotopic (exact) mass is 470 g/mol. The third-order valence-corrected chi connectivity index (χ3v) is 8.06. The Morgan fingerprint density at radius 3 is 2.91 bits per heavy atom. The first-order chi connectivity index (χ1) is 17.1. The van der Waals surface area contributed by atoms with Gasteiger partial charge in [0.15, 0.2) is 5.65 Å². The Morgan fingerprint density at radius 1 is 1.17 bits per heavy atom. The van der Waals surface area contributed by atoms with Crippen molar-refractivity contribution >= 4 is 28.0 Å². The first kappa shape index (κ1) is 20.5. The number of nitrogens with one attached hydrogen (secondary N) is 1. The highest BCUT2D eigenvalue weighted by Gasteiger charge is 2.66. The zero-order valence-corrected chi connectivity index (χ0v) is 19.1. The van der Waals surface area contributed by atoms with Crippen LogP contribution < -0.4 is 10.6 Å². The summed E-state index contributed by atoms with van der Waals surface area (Å²) in [4.78, 5) is 11.8. The van der Waals surface area contributed by atoms with Gasteiger partial charge in [0, 0.05) is 30.6 Å². The molecule has 1 aliphatic heterocycles. The predicted molar refractivity (Wildman–Crippen MR) is 128 cm³/mol. The van der Waals surface area contributed by atoms with Gasteiger partial charge in [0.1, 0.15) is 33.9 Å². The van der Waals surface area contributed by atoms with E-state index in [2.05, 4.69) is 25.4 Å². The molecule has 1 saturated heterocycles. The van der Waals surface area contributed by atoms with E-state index in [0.29, 0.717) is 46.3 Å². The minimum Gasteiger partial charge on any atom is -0.355 e. The maximum absolute atomic E-state index is 14.7. The molecule has 7 rings (SSSR count). The molecule has 10 heteroatoms. The highest BCUT2D eigenvalue weighted by Crippen LogP contribution is 2.63. The standard InChI is InChI=1S/C25H23FN8O/c1-13-14(6-7-19-21(13)33-35-32-19)22-23-24(31-30-22)29-20(10-28-23)34-9-8-15-17(11-34)25(15,12-27)16-4-2-3-5-18(16)26/h2-7,10,15,17H,8-9,11-12,27H2,1H3,(H,29,30,31)/t15-,17+,25-/m1/s1. The molecule has 5 aromatic rings. The van der Waals surface area contributed by atoms with Gasteiger partial charge < -0.3 is 10.6 Å². The van der Waals surface area contributed by atoms with E-state index in [1.165, 1.54) is 6.07 Å². The highest BCUT2D eigenvalue weighted by molar-refractivity contribution is 5.93. The van der Waals surface area contributed by atoms with Crippen molar-refractivity contribution in [1.29, 1.82) is 0 Å². The molecule has 0 bridgehead atoms. The molecular formula is C25H23FN8O. The lowest BCUT2D eigenvalue weighted by molar-refractivity contribution is 0.315. The summed E-state index contributed by atoms with van der Waals surface area (Å²) in [7, 11) is 0. The fourth-order valence-corrected chi connectivity index (χ4v) is 6.21. The van der Waals surface area contributed by atoms with Gasteiger partial charge in [-0.25, -0.2) is 19.0 Å². The van der Waals surface area contributed by atoms with Crippen LogP contribution in [0.1, 0.15) is 17.5 Å². The van der Waals surface area contributed by atoms with Crippen LogP contribution in [0.2, 0.25) is 0 Å². The van der Waals surface area contributed by atoms with Crippen LogP contribution in [0.15, 0.2) is 47.2 Å². The number of aromatic nitrogens is 6. The molecule has 1 saturated carbocycles. The van der Waals surface area contributed by atoms with E-state index in [9.17, 15) is 4.39 Å². The molecule has 35 heavy (non-hydrogen) atoms. The van der Waals surface area contributed by atoms with Gasteiger partial charge in [-0.1, -0.05) is 18.2 Å². The Labute approximate surface area is 199 Å². The largest absolute Gasteiger partial charge is 0.355 e. The van der Waals surface area contributed by atoms with Gasteiger partial charge in [-0.15, -0.1) is 0 Å². The van der Waals surface area contributed by atoms with Crippen LogP contribution in [0, 0.1) is 24.6 Å². The van der Waals surface area contributed by atoms with Crippen LogP contribution >= 0.6 is 0 Å². The van der Waals surface area contributed by atoms with Crippen LogP contribution in [0.5, 0.6) is 0 Å². The number of benzene rings is 2. The summed E-state index contributed by atoms with van der Waals surface area (Å²) >= 11 is 0. The van der Waals surface area contributed by atoms with Crippen molar-refractivity contribution in [3.8, 4) is 11.3 Å². The molecule has 9 nitrogen and oxygen atoms in total. The highest BCUT2D eigenvalue weighted by atomic mass is 19.1. The summed E-state index contributed by atoms with van der Waals surface area (Å²) in [5.41, 5.74) is 11.9. The average Bonchev–Trinajstić information content (AvgIpc) is 3.18. The third kappa shape index (κ3) is 2.80. The van der Waals surface area contributed by atoms with Crippen LogP contribution in [0.4, 0.5) is 10.2 Å². The van der Waals surface area contributed by atoms with E-state index in [4.69, 9.17) is 20.3 Å². The summed E-state index contributed by atoms with van der Waals surface area (Å²) in [5.74, 6) is 1.30. The molecule has 3 atom stereocenters. The zero-order chi connectivity index (χ0) is 23.7. The maximum atomic E-state index is 14.7. The average molecular weight is 471 g/mol. The Balaban J connectivity index is 1.20. The topological polar surface area (TPSA) is 123 Å². The smallest absolute Gasteiger partial charge is 0.177 e. The van der Waals surface area contributed by atoms with E-state index in [1.54, 1.807) is 12.3 Å². The van der Waals surface area contributed by atoms with Gasteiger partial charge in [-0.2, -0.15) is 5.10 Å². The lowest BCUT2D eigenvalue weighted by Crippen LogP contribution is -2.32. The number of hydrogen-bond acceptors (Lipinski definition) is 8. The Kier molecular flexibility index (Phi) is 4.26.